The van der Waals surface area contributed by atoms with Crippen LogP contribution in [-0.2, 0) is 34.0 Å². The molecule has 0 aliphatic rings. The largest absolute Gasteiger partial charge is 0.591 e. The minimum Gasteiger partial charge on any atom is -0.591 e. The average Bonchev–Trinajstić information content (AvgIpc) is 2.73. The lowest BCUT2D eigenvalue weighted by Gasteiger charge is -2.25. The summed E-state index contributed by atoms with van der Waals surface area (Å²) < 4.78 is 41.4. The van der Waals surface area contributed by atoms with Crippen molar-refractivity contribution in [3.63, 3.8) is 0 Å². The Labute approximate surface area is 181 Å². The number of ether oxygens (including phenoxy) is 2. The van der Waals surface area contributed by atoms with E-state index in [0.29, 0.717) is 6.61 Å². The van der Waals surface area contributed by atoms with Gasteiger partial charge in [0.2, 0.25) is 0 Å². The van der Waals surface area contributed by atoms with E-state index in [1.54, 1.807) is 20.8 Å². The number of aliphatic hydroxyl groups excluding tert-OH is 1. The molecule has 2 unspecified atom stereocenters. The Hall–Kier alpha value is -1.77. The lowest BCUT2D eigenvalue weighted by molar-refractivity contribution is -0.0971. The number of hydrogen-bond donors (Lipinski definition) is 1. The minimum atomic E-state index is -1.74. The van der Waals surface area contributed by atoms with E-state index >= 15 is 0 Å². The first-order valence-corrected chi connectivity index (χ1v) is 10.9. The summed E-state index contributed by atoms with van der Waals surface area (Å²) >= 11 is -1.60. The lowest BCUT2D eigenvalue weighted by Crippen LogP contribution is -2.41. The highest BCUT2D eigenvalue weighted by Crippen LogP contribution is 2.18. The molecule has 0 saturated heterocycles. The number of hydrogen-bond acceptors (Lipinski definition) is 5. The van der Waals surface area contributed by atoms with Gasteiger partial charge in [0.1, 0.15) is 28.3 Å². The van der Waals surface area contributed by atoms with Crippen LogP contribution in [0.5, 0.6) is 0 Å². The topological polar surface area (TPSA) is 74.1 Å². The molecule has 2 rings (SSSR count). The van der Waals surface area contributed by atoms with Gasteiger partial charge in [0.15, 0.2) is 6.17 Å². The monoisotopic (exact) mass is 435 g/mol. The van der Waals surface area contributed by atoms with Crippen molar-refractivity contribution in [3.8, 4) is 0 Å². The van der Waals surface area contributed by atoms with Gasteiger partial charge in [-0.3, -0.25) is 0 Å². The predicted octanol–water partition coefficient (Wildman–Crippen LogP) is 4.02. The number of nitrogens with zero attached hydrogens (tertiary/aromatic N) is 1. The van der Waals surface area contributed by atoms with Gasteiger partial charge in [-0.1, -0.05) is 65.1 Å². The fourth-order valence-electron chi connectivity index (χ4n) is 2.50. The van der Waals surface area contributed by atoms with Crippen molar-refractivity contribution in [2.75, 3.05) is 6.61 Å². The maximum atomic E-state index is 14.9. The molecule has 2 aromatic carbocycles. The Morgan fingerprint density at radius 2 is 1.57 bits per heavy atom. The van der Waals surface area contributed by atoms with Gasteiger partial charge in [0, 0.05) is 0 Å². The summed E-state index contributed by atoms with van der Waals surface area (Å²) in [7, 11) is 0. The molecule has 0 fully saturated rings. The van der Waals surface area contributed by atoms with Crippen molar-refractivity contribution < 1.29 is 23.5 Å². The van der Waals surface area contributed by atoms with E-state index in [1.807, 2.05) is 60.7 Å². The first-order chi connectivity index (χ1) is 14.3. The molecule has 7 heteroatoms. The van der Waals surface area contributed by atoms with Crippen molar-refractivity contribution in [1.29, 1.82) is 0 Å². The maximum Gasteiger partial charge on any atom is 0.168 e. The smallest absolute Gasteiger partial charge is 0.168 e. The summed E-state index contributed by atoms with van der Waals surface area (Å²) in [5.41, 5.74) is 1.80. The Balaban J connectivity index is 2.00. The summed E-state index contributed by atoms with van der Waals surface area (Å²) in [6.07, 6.45) is -3.21. The van der Waals surface area contributed by atoms with Gasteiger partial charge in [-0.05, 0) is 31.9 Å². The third-order valence-electron chi connectivity index (χ3n) is 4.20. The lowest BCUT2D eigenvalue weighted by atomic mass is 10.1. The highest BCUT2D eigenvalue weighted by molar-refractivity contribution is 7.91. The maximum absolute atomic E-state index is 14.9. The third kappa shape index (κ3) is 8.53. The molecular formula is C23H30FNO4S. The normalized spacial score (nSPS) is 16.3. The highest BCUT2D eigenvalue weighted by atomic mass is 32.2. The van der Waals surface area contributed by atoms with Crippen LogP contribution in [-0.4, -0.2) is 45.6 Å². The number of benzene rings is 2. The zero-order chi connectivity index (χ0) is 22.0. The van der Waals surface area contributed by atoms with E-state index < -0.39 is 34.5 Å². The molecule has 0 aliphatic heterocycles. The molecule has 0 bridgehead atoms. The second-order valence-corrected chi connectivity index (χ2v) is 9.82. The van der Waals surface area contributed by atoms with Crippen LogP contribution in [0, 0.1) is 0 Å². The first-order valence-electron chi connectivity index (χ1n) is 9.83. The van der Waals surface area contributed by atoms with E-state index in [0.717, 1.165) is 17.3 Å². The summed E-state index contributed by atoms with van der Waals surface area (Å²) in [6, 6.07) is 18.8. The standard InChI is InChI=1S/C23H30FNO4S/c1-23(2,3)30(27)25-14-20(24)22(29-16-19-12-8-5-9-13-19)21(26)17-28-15-18-10-6-4-7-11-18/h4-14,20-22,26H,15-17H2,1-3H3/t20-,21?,22-,30?/m0/s1. The minimum absolute atomic E-state index is 0.106. The van der Waals surface area contributed by atoms with Gasteiger partial charge in [-0.2, -0.15) is 0 Å². The second-order valence-electron chi connectivity index (χ2n) is 7.89. The van der Waals surface area contributed by atoms with Crippen molar-refractivity contribution in [2.24, 2.45) is 4.40 Å². The molecule has 0 radical (unpaired) electrons. The average molecular weight is 436 g/mol. The Kier molecular flexibility index (Phi) is 9.94. The van der Waals surface area contributed by atoms with Crippen LogP contribution in [0.15, 0.2) is 65.1 Å². The molecule has 0 saturated carbocycles. The highest BCUT2D eigenvalue weighted by Gasteiger charge is 2.31. The van der Waals surface area contributed by atoms with Crippen LogP contribution in [0.3, 0.4) is 0 Å². The van der Waals surface area contributed by atoms with E-state index in [2.05, 4.69) is 4.40 Å². The second kappa shape index (κ2) is 12.2. The Bertz CT molecular complexity index is 755. The van der Waals surface area contributed by atoms with Gasteiger partial charge < -0.3 is 19.1 Å². The van der Waals surface area contributed by atoms with Crippen LogP contribution < -0.4 is 0 Å². The van der Waals surface area contributed by atoms with Gasteiger partial charge in [-0.15, -0.1) is 0 Å². The van der Waals surface area contributed by atoms with Crippen molar-refractivity contribution in [1.82, 2.24) is 0 Å². The van der Waals surface area contributed by atoms with Crippen LogP contribution in [0.4, 0.5) is 4.39 Å². The van der Waals surface area contributed by atoms with Gasteiger partial charge in [0.25, 0.3) is 0 Å². The molecule has 30 heavy (non-hydrogen) atoms. The quantitative estimate of drug-likeness (QED) is 0.427. The van der Waals surface area contributed by atoms with Crippen molar-refractivity contribution >= 4 is 17.6 Å². The molecule has 164 valence electrons. The SMILES string of the molecule is CC(C)(C)[S+]([O-])N=C[C@H](F)[C@H](OCc1ccccc1)C(O)COCc1ccccc1. The zero-order valence-electron chi connectivity index (χ0n) is 17.6. The number of halogens is 1. The van der Waals surface area contributed by atoms with Crippen molar-refractivity contribution in [2.45, 2.75) is 57.1 Å². The number of rotatable bonds is 11. The molecule has 5 nitrogen and oxygen atoms in total. The van der Waals surface area contributed by atoms with Gasteiger partial charge in [-0.25, -0.2) is 4.39 Å². The molecule has 1 N–H and O–H groups in total. The molecule has 0 aromatic heterocycles. The van der Waals surface area contributed by atoms with Crippen LogP contribution >= 0.6 is 0 Å². The van der Waals surface area contributed by atoms with E-state index in [-0.39, 0.29) is 13.2 Å². The van der Waals surface area contributed by atoms with E-state index in [1.165, 1.54) is 0 Å². The van der Waals surface area contributed by atoms with Crippen LogP contribution in [0.25, 0.3) is 0 Å². The third-order valence-corrected chi connectivity index (χ3v) is 5.56. The Morgan fingerprint density at radius 3 is 2.10 bits per heavy atom. The first kappa shape index (κ1) is 24.5. The van der Waals surface area contributed by atoms with Crippen molar-refractivity contribution in [3.05, 3.63) is 71.8 Å². The number of aliphatic hydroxyl groups is 1. The Morgan fingerprint density at radius 1 is 1.03 bits per heavy atom. The summed E-state index contributed by atoms with van der Waals surface area (Å²) in [4.78, 5) is 0. The van der Waals surface area contributed by atoms with E-state index in [9.17, 15) is 14.0 Å². The van der Waals surface area contributed by atoms with E-state index in [4.69, 9.17) is 9.47 Å². The molecule has 4 atom stereocenters. The summed E-state index contributed by atoms with van der Waals surface area (Å²) in [5.74, 6) is 0. The van der Waals surface area contributed by atoms with Gasteiger partial charge >= 0.3 is 0 Å². The fraction of sp³-hybridized carbons (Fsp3) is 0.435. The fourth-order valence-corrected chi connectivity index (χ4v) is 3.05. The summed E-state index contributed by atoms with van der Waals surface area (Å²) in [6.45, 7) is 5.57. The zero-order valence-corrected chi connectivity index (χ0v) is 18.4. The molecule has 0 aliphatic carbocycles. The molecule has 0 spiro atoms. The molecule has 0 heterocycles. The summed E-state index contributed by atoms with van der Waals surface area (Å²) in [5, 5.41) is 10.5. The number of alkyl halides is 1. The molecular weight excluding hydrogens is 405 g/mol. The molecule has 0 amide bonds. The van der Waals surface area contributed by atoms with Crippen LogP contribution in [0.2, 0.25) is 0 Å². The van der Waals surface area contributed by atoms with Gasteiger partial charge in [0.05, 0.1) is 26.0 Å². The molecule has 2 aromatic rings. The predicted molar refractivity (Wildman–Crippen MR) is 118 cm³/mol. The van der Waals surface area contributed by atoms with Crippen LogP contribution in [0.1, 0.15) is 31.9 Å².